The largest absolute Gasteiger partial charge is 0.501 e. The minimum atomic E-state index is -0.729. The molecule has 1 N–H and O–H groups in total. The molecule has 0 fully saturated rings. The molecule has 1 aliphatic heterocycles. The lowest BCUT2D eigenvalue weighted by atomic mass is 9.96. The van der Waals surface area contributed by atoms with Crippen molar-refractivity contribution in [1.82, 2.24) is 4.57 Å². The summed E-state index contributed by atoms with van der Waals surface area (Å²) in [4.78, 5) is 41.9. The highest BCUT2D eigenvalue weighted by Gasteiger charge is 2.33. The van der Waals surface area contributed by atoms with Crippen molar-refractivity contribution in [2.75, 3.05) is 6.61 Å². The molecule has 0 unspecified atom stereocenters. The van der Waals surface area contributed by atoms with Crippen LogP contribution in [0.5, 0.6) is 5.75 Å². The lowest BCUT2D eigenvalue weighted by molar-refractivity contribution is -0.386. The maximum atomic E-state index is 13.5. The summed E-state index contributed by atoms with van der Waals surface area (Å²) >= 11 is 2.91. The molecule has 1 aromatic heterocycles. The number of hydrogen-bond donors (Lipinski definition) is 1. The first kappa shape index (κ1) is 23.8. The van der Waals surface area contributed by atoms with Gasteiger partial charge in [-0.1, -0.05) is 41.7 Å². The van der Waals surface area contributed by atoms with E-state index >= 15 is 0 Å². The maximum absolute atomic E-state index is 13.5. The molecular weight excluding hydrogens is 573 g/mol. The SMILES string of the molecule is CCOC(=O)C1=C(C)N=c2s/c(=C\c3cc(I)c(O)c([N+](=O)[O-])c3)c(=O)n2[C@@H]1c1ccccc1. The van der Waals surface area contributed by atoms with Gasteiger partial charge in [0.1, 0.15) is 0 Å². The Kier molecular flexibility index (Phi) is 6.66. The third-order valence-electron chi connectivity index (χ3n) is 5.19. The molecular formula is C23H18IN3O6S. The van der Waals surface area contributed by atoms with E-state index in [9.17, 15) is 24.8 Å². The molecule has 34 heavy (non-hydrogen) atoms. The quantitative estimate of drug-likeness (QED) is 0.211. The Balaban J connectivity index is 1.96. The van der Waals surface area contributed by atoms with Gasteiger partial charge in [-0.3, -0.25) is 19.5 Å². The van der Waals surface area contributed by atoms with E-state index in [2.05, 4.69) is 4.99 Å². The number of carbonyl (C=O) groups is 1. The van der Waals surface area contributed by atoms with Gasteiger partial charge in [-0.25, -0.2) is 9.79 Å². The van der Waals surface area contributed by atoms with Crippen LogP contribution < -0.4 is 14.9 Å². The molecule has 0 spiro atoms. The molecule has 0 saturated heterocycles. The lowest BCUT2D eigenvalue weighted by Gasteiger charge is -2.24. The number of hydrogen-bond acceptors (Lipinski definition) is 8. The molecule has 0 radical (unpaired) electrons. The number of carbonyl (C=O) groups excluding carboxylic acids is 1. The molecule has 11 heteroatoms. The van der Waals surface area contributed by atoms with E-state index in [0.717, 1.165) is 16.9 Å². The van der Waals surface area contributed by atoms with E-state index in [4.69, 9.17) is 4.74 Å². The number of aromatic nitrogens is 1. The van der Waals surface area contributed by atoms with Gasteiger partial charge in [-0.05, 0) is 59.7 Å². The fourth-order valence-corrected chi connectivity index (χ4v) is 5.40. The van der Waals surface area contributed by atoms with Crippen LogP contribution in [0.1, 0.15) is 31.0 Å². The normalized spacial score (nSPS) is 15.6. The molecule has 3 aromatic rings. The van der Waals surface area contributed by atoms with Gasteiger partial charge in [-0.15, -0.1) is 0 Å². The van der Waals surface area contributed by atoms with E-state index in [0.29, 0.717) is 16.1 Å². The molecule has 0 saturated carbocycles. The van der Waals surface area contributed by atoms with Crippen molar-refractivity contribution >= 4 is 51.7 Å². The van der Waals surface area contributed by atoms with Gasteiger partial charge in [0.05, 0.1) is 36.9 Å². The average molecular weight is 591 g/mol. The van der Waals surface area contributed by atoms with Crippen LogP contribution in [0.4, 0.5) is 5.69 Å². The van der Waals surface area contributed by atoms with Gasteiger partial charge >= 0.3 is 11.7 Å². The van der Waals surface area contributed by atoms with Crippen LogP contribution in [0.25, 0.3) is 6.08 Å². The Bertz CT molecular complexity index is 1520. The minimum Gasteiger partial charge on any atom is -0.501 e. The summed E-state index contributed by atoms with van der Waals surface area (Å²) in [5.41, 5.74) is 1.00. The van der Waals surface area contributed by atoms with E-state index in [-0.39, 0.29) is 20.3 Å². The van der Waals surface area contributed by atoms with Crippen molar-refractivity contribution < 1.29 is 19.6 Å². The minimum absolute atomic E-state index is 0.180. The fourth-order valence-electron chi connectivity index (χ4n) is 3.72. The molecule has 2 heterocycles. The van der Waals surface area contributed by atoms with Crippen molar-refractivity contribution in [3.05, 3.63) is 98.2 Å². The highest BCUT2D eigenvalue weighted by Crippen LogP contribution is 2.33. The molecule has 4 rings (SSSR count). The molecule has 1 atom stereocenters. The van der Waals surface area contributed by atoms with E-state index in [1.807, 2.05) is 30.3 Å². The molecule has 1 aliphatic rings. The standard InChI is InChI=1S/C23H18IN3O6S/c1-3-33-22(30)18-12(2)25-23-26(19(18)14-7-5-4-6-8-14)21(29)17(34-23)11-13-9-15(24)20(28)16(10-13)27(31)32/h4-11,19,28H,3H2,1-2H3/b17-11-/t19-/m1/s1. The molecule has 0 amide bonds. The molecule has 0 bridgehead atoms. The topological polar surface area (TPSA) is 124 Å². The van der Waals surface area contributed by atoms with Gasteiger partial charge in [0.2, 0.25) is 5.75 Å². The van der Waals surface area contributed by atoms with Crippen LogP contribution in [0.2, 0.25) is 0 Å². The van der Waals surface area contributed by atoms with Crippen LogP contribution in [-0.2, 0) is 9.53 Å². The second kappa shape index (κ2) is 9.50. The molecule has 0 aliphatic carbocycles. The van der Waals surface area contributed by atoms with Crippen LogP contribution in [0.3, 0.4) is 0 Å². The number of nitro benzene ring substituents is 1. The zero-order valence-electron chi connectivity index (χ0n) is 18.0. The third-order valence-corrected chi connectivity index (χ3v) is 7.00. The summed E-state index contributed by atoms with van der Waals surface area (Å²) in [6.45, 7) is 3.59. The summed E-state index contributed by atoms with van der Waals surface area (Å²) in [5, 5.41) is 21.3. The number of aromatic hydroxyl groups is 1. The van der Waals surface area contributed by atoms with Crippen LogP contribution in [0, 0.1) is 13.7 Å². The first-order valence-electron chi connectivity index (χ1n) is 10.1. The summed E-state index contributed by atoms with van der Waals surface area (Å²) in [6, 6.07) is 11.2. The number of thiazole rings is 1. The summed E-state index contributed by atoms with van der Waals surface area (Å²) in [7, 11) is 0. The van der Waals surface area contributed by atoms with Crippen LogP contribution >= 0.6 is 33.9 Å². The summed E-state index contributed by atoms with van der Waals surface area (Å²) in [5.74, 6) is -0.974. The number of halogens is 1. The Labute approximate surface area is 210 Å². The second-order valence-electron chi connectivity index (χ2n) is 7.34. The molecule has 174 valence electrons. The highest BCUT2D eigenvalue weighted by molar-refractivity contribution is 14.1. The Morgan fingerprint density at radius 2 is 2.06 bits per heavy atom. The number of nitro groups is 1. The first-order chi connectivity index (χ1) is 16.2. The van der Waals surface area contributed by atoms with Crippen molar-refractivity contribution in [1.29, 1.82) is 0 Å². The number of rotatable bonds is 5. The Morgan fingerprint density at radius 1 is 1.35 bits per heavy atom. The number of benzene rings is 2. The van der Waals surface area contributed by atoms with Crippen molar-refractivity contribution in [3.63, 3.8) is 0 Å². The molecule has 9 nitrogen and oxygen atoms in total. The monoisotopic (exact) mass is 591 g/mol. The van der Waals surface area contributed by atoms with Crippen LogP contribution in [-0.4, -0.2) is 27.2 Å². The fraction of sp³-hybridized carbons (Fsp3) is 0.174. The zero-order chi connectivity index (χ0) is 24.6. The highest BCUT2D eigenvalue weighted by atomic mass is 127. The Morgan fingerprint density at radius 3 is 2.71 bits per heavy atom. The maximum Gasteiger partial charge on any atom is 0.338 e. The zero-order valence-corrected chi connectivity index (χ0v) is 21.0. The number of nitrogens with zero attached hydrogens (tertiary/aromatic N) is 3. The predicted molar refractivity (Wildman–Crippen MR) is 134 cm³/mol. The van der Waals surface area contributed by atoms with Crippen molar-refractivity contribution in [2.45, 2.75) is 19.9 Å². The Hall–Kier alpha value is -3.32. The van der Waals surface area contributed by atoms with Crippen molar-refractivity contribution in [2.24, 2.45) is 4.99 Å². The number of phenols is 1. The predicted octanol–water partition coefficient (Wildman–Crippen LogP) is 3.02. The van der Waals surface area contributed by atoms with Crippen molar-refractivity contribution in [3.8, 4) is 5.75 Å². The smallest absolute Gasteiger partial charge is 0.338 e. The summed E-state index contributed by atoms with van der Waals surface area (Å²) in [6.07, 6.45) is 1.52. The summed E-state index contributed by atoms with van der Waals surface area (Å²) < 4.78 is 7.28. The number of allylic oxidation sites excluding steroid dienone is 1. The van der Waals surface area contributed by atoms with Crippen LogP contribution in [0.15, 0.2) is 63.5 Å². The number of phenolic OH excluding ortho intramolecular Hbond substituents is 1. The van der Waals surface area contributed by atoms with E-state index in [1.54, 1.807) is 42.5 Å². The first-order valence-corrected chi connectivity index (χ1v) is 12.0. The molecule has 2 aromatic carbocycles. The van der Waals surface area contributed by atoms with Gasteiger partial charge < -0.3 is 9.84 Å². The second-order valence-corrected chi connectivity index (χ2v) is 9.51. The lowest BCUT2D eigenvalue weighted by Crippen LogP contribution is -2.39. The third kappa shape index (κ3) is 4.28. The number of esters is 1. The van der Waals surface area contributed by atoms with Gasteiger partial charge in [-0.2, -0.15) is 0 Å². The van der Waals surface area contributed by atoms with Gasteiger partial charge in [0, 0.05) is 6.07 Å². The van der Waals surface area contributed by atoms with Gasteiger partial charge in [0.25, 0.3) is 5.56 Å². The average Bonchev–Trinajstić information content (AvgIpc) is 3.10. The number of fused-ring (bicyclic) bond motifs is 1. The number of ether oxygens (including phenoxy) is 1. The van der Waals surface area contributed by atoms with E-state index in [1.165, 1.54) is 16.7 Å². The van der Waals surface area contributed by atoms with Gasteiger partial charge in [0.15, 0.2) is 4.80 Å². The van der Waals surface area contributed by atoms with E-state index < -0.39 is 33.9 Å².